The SMILES string of the molecule is O=C1CSc2c(c3nccc4c5ccccc5n5ccc2c5c34)N1. The Kier molecular flexibility index (Phi) is 2.20. The van der Waals surface area contributed by atoms with Crippen LogP contribution in [-0.4, -0.2) is 21.0 Å². The van der Waals surface area contributed by atoms with Crippen LogP contribution in [0.1, 0.15) is 0 Å². The van der Waals surface area contributed by atoms with E-state index in [4.69, 9.17) is 0 Å². The van der Waals surface area contributed by atoms with E-state index >= 15 is 0 Å². The summed E-state index contributed by atoms with van der Waals surface area (Å²) in [5, 5.41) is 7.74. The molecule has 0 unspecified atom stereocenters. The van der Waals surface area contributed by atoms with Gasteiger partial charge in [0.2, 0.25) is 5.91 Å². The molecule has 2 aromatic carbocycles. The van der Waals surface area contributed by atoms with Crippen molar-refractivity contribution in [1.82, 2.24) is 9.38 Å². The van der Waals surface area contributed by atoms with Crippen molar-refractivity contribution in [1.29, 1.82) is 0 Å². The molecule has 0 saturated carbocycles. The average molecular weight is 329 g/mol. The lowest BCUT2D eigenvalue weighted by Gasteiger charge is -2.21. The molecule has 0 aliphatic carbocycles. The Morgan fingerprint density at radius 2 is 2.00 bits per heavy atom. The van der Waals surface area contributed by atoms with E-state index in [1.807, 2.05) is 6.20 Å². The van der Waals surface area contributed by atoms with Crippen LogP contribution in [0, 0.1) is 0 Å². The second-order valence-corrected chi connectivity index (χ2v) is 7.07. The van der Waals surface area contributed by atoms with Crippen LogP contribution >= 0.6 is 11.8 Å². The lowest BCUT2D eigenvalue weighted by Crippen LogP contribution is -2.19. The number of pyridine rings is 2. The molecule has 0 atom stereocenters. The third-order valence-corrected chi connectivity index (χ3v) is 5.97. The standard InChI is InChI=1S/C19H11N3OS/c23-14-9-24-19-12-6-8-22-13-4-2-1-3-10(13)11-5-7-20-16(17(19)21-14)15(11)18(12)22/h1-8H,9H2,(H,21,23). The number of hydrogen-bond acceptors (Lipinski definition) is 3. The van der Waals surface area contributed by atoms with Crippen molar-refractivity contribution in [2.24, 2.45) is 0 Å². The van der Waals surface area contributed by atoms with Gasteiger partial charge in [-0.05, 0) is 23.6 Å². The fraction of sp³-hybridized carbons (Fsp3) is 0.0526. The molecule has 24 heavy (non-hydrogen) atoms. The van der Waals surface area contributed by atoms with E-state index < -0.39 is 0 Å². The molecule has 1 aliphatic heterocycles. The van der Waals surface area contributed by atoms with Crippen LogP contribution in [0.15, 0.2) is 53.7 Å². The molecule has 0 bridgehead atoms. The summed E-state index contributed by atoms with van der Waals surface area (Å²) in [5.41, 5.74) is 4.12. The van der Waals surface area contributed by atoms with Crippen molar-refractivity contribution in [3.05, 3.63) is 48.8 Å². The fourth-order valence-electron chi connectivity index (χ4n) is 3.92. The second kappa shape index (κ2) is 4.19. The fourth-order valence-corrected chi connectivity index (χ4v) is 4.88. The van der Waals surface area contributed by atoms with E-state index in [0.717, 1.165) is 21.5 Å². The molecule has 5 aromatic rings. The molecular weight excluding hydrogens is 318 g/mol. The molecule has 4 nitrogen and oxygen atoms in total. The third kappa shape index (κ3) is 1.37. The van der Waals surface area contributed by atoms with Gasteiger partial charge in [-0.3, -0.25) is 9.78 Å². The molecular formula is C19H11N3OS. The van der Waals surface area contributed by atoms with Crippen LogP contribution in [-0.2, 0) is 4.79 Å². The highest BCUT2D eigenvalue weighted by Crippen LogP contribution is 2.46. The number of fused-ring (bicyclic) bond motifs is 6. The number of nitrogens with one attached hydrogen (secondary N) is 1. The van der Waals surface area contributed by atoms with Gasteiger partial charge in [0.05, 0.1) is 28.0 Å². The monoisotopic (exact) mass is 329 g/mol. The molecule has 4 heterocycles. The van der Waals surface area contributed by atoms with Gasteiger partial charge in [0.25, 0.3) is 0 Å². The minimum absolute atomic E-state index is 0.0391. The first-order valence-corrected chi connectivity index (χ1v) is 8.79. The number of para-hydroxylation sites is 1. The summed E-state index contributed by atoms with van der Waals surface area (Å²) in [6.45, 7) is 0. The maximum absolute atomic E-state index is 11.9. The summed E-state index contributed by atoms with van der Waals surface area (Å²) in [5.74, 6) is 0.493. The number of rotatable bonds is 0. The smallest absolute Gasteiger partial charge is 0.234 e. The normalized spacial score (nSPS) is 14.8. The van der Waals surface area contributed by atoms with Crippen LogP contribution in [0.4, 0.5) is 5.69 Å². The molecule has 6 rings (SSSR count). The van der Waals surface area contributed by atoms with Gasteiger partial charge in [-0.25, -0.2) is 0 Å². The summed E-state index contributed by atoms with van der Waals surface area (Å²) >= 11 is 1.60. The van der Waals surface area contributed by atoms with Crippen LogP contribution < -0.4 is 5.32 Å². The Bertz CT molecular complexity index is 1300. The minimum atomic E-state index is 0.0391. The number of benzene rings is 2. The number of aromatic nitrogens is 2. The number of carbonyl (C=O) groups excluding carboxylic acids is 1. The first-order valence-electron chi connectivity index (χ1n) is 7.81. The van der Waals surface area contributed by atoms with Crippen molar-refractivity contribution < 1.29 is 4.79 Å². The van der Waals surface area contributed by atoms with Crippen molar-refractivity contribution in [3.8, 4) is 0 Å². The molecule has 1 N–H and O–H groups in total. The maximum atomic E-state index is 11.9. The van der Waals surface area contributed by atoms with Gasteiger partial charge >= 0.3 is 0 Å². The lowest BCUT2D eigenvalue weighted by atomic mass is 10.0. The minimum Gasteiger partial charge on any atom is -0.323 e. The van der Waals surface area contributed by atoms with E-state index in [1.54, 1.807) is 11.8 Å². The zero-order valence-corrected chi connectivity index (χ0v) is 13.4. The van der Waals surface area contributed by atoms with Crippen LogP contribution in [0.5, 0.6) is 0 Å². The van der Waals surface area contributed by atoms with Crippen LogP contribution in [0.3, 0.4) is 0 Å². The number of thioether (sulfide) groups is 1. The molecule has 0 spiro atoms. The first-order chi connectivity index (χ1) is 11.8. The number of anilines is 1. The predicted molar refractivity (Wildman–Crippen MR) is 98.2 cm³/mol. The van der Waals surface area contributed by atoms with Crippen molar-refractivity contribution >= 4 is 61.5 Å². The van der Waals surface area contributed by atoms with E-state index in [0.29, 0.717) is 5.75 Å². The molecule has 0 saturated heterocycles. The highest BCUT2D eigenvalue weighted by molar-refractivity contribution is 8.00. The first kappa shape index (κ1) is 12.6. The zero-order valence-electron chi connectivity index (χ0n) is 12.5. The summed E-state index contributed by atoms with van der Waals surface area (Å²) < 4.78 is 2.25. The molecule has 1 aliphatic rings. The summed E-state index contributed by atoms with van der Waals surface area (Å²) in [6.07, 6.45) is 3.96. The Morgan fingerprint density at radius 3 is 2.96 bits per heavy atom. The van der Waals surface area contributed by atoms with Crippen LogP contribution in [0.25, 0.3) is 38.1 Å². The van der Waals surface area contributed by atoms with Crippen molar-refractivity contribution in [3.63, 3.8) is 0 Å². The molecule has 0 fully saturated rings. The third-order valence-electron chi connectivity index (χ3n) is 4.85. The summed E-state index contributed by atoms with van der Waals surface area (Å²) in [6, 6.07) is 12.6. The molecule has 114 valence electrons. The highest BCUT2D eigenvalue weighted by Gasteiger charge is 2.25. The summed E-state index contributed by atoms with van der Waals surface area (Å²) in [7, 11) is 0. The van der Waals surface area contributed by atoms with Gasteiger partial charge in [0.1, 0.15) is 0 Å². The van der Waals surface area contributed by atoms with E-state index in [1.165, 1.54) is 27.2 Å². The van der Waals surface area contributed by atoms with Crippen LogP contribution in [0.2, 0.25) is 0 Å². The molecule has 0 radical (unpaired) electrons. The van der Waals surface area contributed by atoms with E-state index in [2.05, 4.69) is 57.3 Å². The quantitative estimate of drug-likeness (QED) is 0.341. The van der Waals surface area contributed by atoms with E-state index in [-0.39, 0.29) is 5.91 Å². The second-order valence-electron chi connectivity index (χ2n) is 6.09. The summed E-state index contributed by atoms with van der Waals surface area (Å²) in [4.78, 5) is 17.7. The Labute approximate surface area is 140 Å². The Morgan fingerprint density at radius 1 is 1.08 bits per heavy atom. The molecule has 5 heteroatoms. The van der Waals surface area contributed by atoms with Gasteiger partial charge < -0.3 is 9.72 Å². The van der Waals surface area contributed by atoms with Gasteiger partial charge in [-0.2, -0.15) is 0 Å². The van der Waals surface area contributed by atoms with E-state index in [9.17, 15) is 4.79 Å². The van der Waals surface area contributed by atoms with Gasteiger partial charge in [0.15, 0.2) is 0 Å². The lowest BCUT2D eigenvalue weighted by molar-refractivity contribution is -0.113. The highest BCUT2D eigenvalue weighted by atomic mass is 32.2. The predicted octanol–water partition coefficient (Wildman–Crippen LogP) is 4.28. The number of carbonyl (C=O) groups is 1. The Balaban J connectivity index is 2.00. The maximum Gasteiger partial charge on any atom is 0.234 e. The topological polar surface area (TPSA) is 46.4 Å². The number of amides is 1. The zero-order chi connectivity index (χ0) is 15.8. The van der Waals surface area contributed by atoms with Gasteiger partial charge in [-0.15, -0.1) is 11.8 Å². The van der Waals surface area contributed by atoms with Crippen molar-refractivity contribution in [2.45, 2.75) is 4.90 Å². The number of hydrogen-bond donors (Lipinski definition) is 1. The Hall–Kier alpha value is -2.79. The van der Waals surface area contributed by atoms with Gasteiger partial charge in [0, 0.05) is 33.4 Å². The molecule has 3 aromatic heterocycles. The van der Waals surface area contributed by atoms with Crippen molar-refractivity contribution in [2.75, 3.05) is 11.1 Å². The largest absolute Gasteiger partial charge is 0.323 e. The average Bonchev–Trinajstić information content (AvgIpc) is 3.07. The van der Waals surface area contributed by atoms with Gasteiger partial charge in [-0.1, -0.05) is 18.2 Å². The number of nitrogens with zero attached hydrogens (tertiary/aromatic N) is 2. The molecule has 1 amide bonds.